The molecule has 0 aliphatic carbocycles. The molecule has 0 heterocycles. The zero-order valence-corrected chi connectivity index (χ0v) is 28.1. The van der Waals surface area contributed by atoms with Gasteiger partial charge in [-0.25, -0.2) is 0 Å². The van der Waals surface area contributed by atoms with E-state index in [0.29, 0.717) is 0 Å². The molecular weight excluding hydrogens is 548 g/mol. The molecule has 5 rings (SSSR count). The summed E-state index contributed by atoms with van der Waals surface area (Å²) in [7, 11) is 0. The standard InChI is InChI=1S/C41H48N4/c1-22-12-32(13-23(2)38(22)42)36(33-14-24(3)39(43)25(4)15-33)21-30-10-9-11-31(20-30)37(34-16-26(5)40(44)27(6)17-34)35-18-28(7)41(45)29(8)19-35/h9-20,36-37H,21,42-45H2,1-8H3. The van der Waals surface area contributed by atoms with Crippen molar-refractivity contribution >= 4 is 22.7 Å². The van der Waals surface area contributed by atoms with Crippen molar-refractivity contribution in [3.05, 3.63) is 151 Å². The fraction of sp³-hybridized carbons (Fsp3) is 0.268. The summed E-state index contributed by atoms with van der Waals surface area (Å²) in [5.41, 5.74) is 45.4. The molecule has 0 unspecified atom stereocenters. The number of hydrogen-bond donors (Lipinski definition) is 4. The van der Waals surface area contributed by atoms with Crippen LogP contribution < -0.4 is 22.9 Å². The van der Waals surface area contributed by atoms with Crippen molar-refractivity contribution in [1.82, 2.24) is 0 Å². The van der Waals surface area contributed by atoms with E-state index in [4.69, 9.17) is 22.9 Å². The van der Waals surface area contributed by atoms with E-state index in [9.17, 15) is 0 Å². The summed E-state index contributed by atoms with van der Waals surface area (Å²) in [5, 5.41) is 0. The van der Waals surface area contributed by atoms with Gasteiger partial charge in [-0.3, -0.25) is 0 Å². The van der Waals surface area contributed by atoms with Gasteiger partial charge in [0, 0.05) is 34.6 Å². The van der Waals surface area contributed by atoms with Gasteiger partial charge in [0.15, 0.2) is 0 Å². The Morgan fingerprint density at radius 2 is 0.711 bits per heavy atom. The normalized spacial score (nSPS) is 11.5. The average molecular weight is 597 g/mol. The van der Waals surface area contributed by atoms with E-state index >= 15 is 0 Å². The van der Waals surface area contributed by atoms with Gasteiger partial charge in [-0.05, 0) is 140 Å². The molecule has 0 saturated carbocycles. The largest absolute Gasteiger partial charge is 0.398 e. The third-order valence-electron chi connectivity index (χ3n) is 9.66. The summed E-state index contributed by atoms with van der Waals surface area (Å²) in [4.78, 5) is 0. The maximum absolute atomic E-state index is 6.41. The summed E-state index contributed by atoms with van der Waals surface area (Å²) >= 11 is 0. The Hall–Kier alpha value is -4.70. The molecule has 0 atom stereocenters. The molecule has 0 aliphatic heterocycles. The second-order valence-electron chi connectivity index (χ2n) is 13.2. The van der Waals surface area contributed by atoms with Crippen molar-refractivity contribution in [1.29, 1.82) is 0 Å². The van der Waals surface area contributed by atoms with Crippen molar-refractivity contribution in [2.75, 3.05) is 22.9 Å². The van der Waals surface area contributed by atoms with Crippen LogP contribution in [0.15, 0.2) is 72.8 Å². The Bertz CT molecular complexity index is 1710. The number of hydrogen-bond acceptors (Lipinski definition) is 4. The summed E-state index contributed by atoms with van der Waals surface area (Å²) in [5.74, 6) is 0.165. The first-order valence-corrected chi connectivity index (χ1v) is 15.8. The monoisotopic (exact) mass is 596 g/mol. The van der Waals surface area contributed by atoms with E-state index in [2.05, 4.69) is 128 Å². The number of nitrogen functional groups attached to an aromatic ring is 4. The smallest absolute Gasteiger partial charge is 0.0373 e. The predicted octanol–water partition coefficient (Wildman–Crippen LogP) is 9.04. The summed E-state index contributed by atoms with van der Waals surface area (Å²) < 4.78 is 0. The van der Waals surface area contributed by atoms with Crippen LogP contribution in [0.1, 0.15) is 89.7 Å². The summed E-state index contributed by atoms with van der Waals surface area (Å²) in [6.45, 7) is 16.8. The van der Waals surface area contributed by atoms with Crippen LogP contribution in [-0.4, -0.2) is 0 Å². The van der Waals surface area contributed by atoms with Gasteiger partial charge in [0.2, 0.25) is 0 Å². The molecule has 0 amide bonds. The first-order valence-electron chi connectivity index (χ1n) is 15.8. The predicted molar refractivity (Wildman–Crippen MR) is 194 cm³/mol. The lowest BCUT2D eigenvalue weighted by Gasteiger charge is -2.25. The molecule has 0 aliphatic rings. The SMILES string of the molecule is Cc1cc(C(Cc2cccc(C(c3cc(C)c(N)c(C)c3)c3cc(C)c(N)c(C)c3)c2)c2cc(C)c(N)c(C)c2)cc(C)c1N. The number of rotatable bonds is 7. The molecule has 0 radical (unpaired) electrons. The van der Waals surface area contributed by atoms with Crippen molar-refractivity contribution in [3.63, 3.8) is 0 Å². The molecule has 5 aromatic rings. The minimum absolute atomic E-state index is 0.0291. The van der Waals surface area contributed by atoms with Gasteiger partial charge < -0.3 is 22.9 Å². The third kappa shape index (κ3) is 6.28. The van der Waals surface area contributed by atoms with Crippen LogP contribution in [0.25, 0.3) is 0 Å². The summed E-state index contributed by atoms with van der Waals surface area (Å²) in [6.07, 6.45) is 0.839. The van der Waals surface area contributed by atoms with E-state index in [1.54, 1.807) is 0 Å². The fourth-order valence-electron chi connectivity index (χ4n) is 6.91. The Morgan fingerprint density at radius 3 is 1.04 bits per heavy atom. The Kier molecular flexibility index (Phi) is 8.71. The van der Waals surface area contributed by atoms with Gasteiger partial charge in [-0.1, -0.05) is 72.8 Å². The molecule has 45 heavy (non-hydrogen) atoms. The zero-order valence-electron chi connectivity index (χ0n) is 28.1. The quantitative estimate of drug-likeness (QED) is 0.111. The van der Waals surface area contributed by atoms with Crippen LogP contribution in [0.3, 0.4) is 0 Å². The molecule has 8 N–H and O–H groups in total. The molecule has 4 heteroatoms. The Morgan fingerprint density at radius 1 is 0.400 bits per heavy atom. The van der Waals surface area contributed by atoms with E-state index in [0.717, 1.165) is 73.7 Å². The van der Waals surface area contributed by atoms with Gasteiger partial charge >= 0.3 is 0 Å². The van der Waals surface area contributed by atoms with Crippen LogP contribution in [-0.2, 0) is 6.42 Å². The van der Waals surface area contributed by atoms with E-state index in [1.165, 1.54) is 33.4 Å². The molecule has 5 aromatic carbocycles. The Balaban J connectivity index is 1.67. The molecule has 0 fully saturated rings. The van der Waals surface area contributed by atoms with Gasteiger partial charge in [0.25, 0.3) is 0 Å². The minimum Gasteiger partial charge on any atom is -0.398 e. The third-order valence-corrected chi connectivity index (χ3v) is 9.66. The number of aryl methyl sites for hydroxylation is 8. The lowest BCUT2D eigenvalue weighted by atomic mass is 9.80. The van der Waals surface area contributed by atoms with E-state index in [-0.39, 0.29) is 11.8 Å². The summed E-state index contributed by atoms with van der Waals surface area (Å²) in [6, 6.07) is 27.0. The van der Waals surface area contributed by atoms with Gasteiger partial charge in [0.05, 0.1) is 0 Å². The lowest BCUT2D eigenvalue weighted by molar-refractivity contribution is 0.798. The molecular formula is C41H48N4. The van der Waals surface area contributed by atoms with Crippen molar-refractivity contribution in [2.24, 2.45) is 0 Å². The molecule has 232 valence electrons. The number of anilines is 4. The highest BCUT2D eigenvalue weighted by Crippen LogP contribution is 2.39. The minimum atomic E-state index is 0.0291. The first-order chi connectivity index (χ1) is 21.2. The molecule has 0 spiro atoms. The molecule has 0 bridgehead atoms. The lowest BCUT2D eigenvalue weighted by Crippen LogP contribution is -2.10. The highest BCUT2D eigenvalue weighted by Gasteiger charge is 2.23. The topological polar surface area (TPSA) is 104 Å². The number of benzene rings is 5. The van der Waals surface area contributed by atoms with Crippen LogP contribution in [0.2, 0.25) is 0 Å². The van der Waals surface area contributed by atoms with Crippen LogP contribution in [0.5, 0.6) is 0 Å². The van der Waals surface area contributed by atoms with Gasteiger partial charge in [-0.2, -0.15) is 0 Å². The molecule has 0 aromatic heterocycles. The molecule has 4 nitrogen and oxygen atoms in total. The van der Waals surface area contributed by atoms with Gasteiger partial charge in [0.1, 0.15) is 0 Å². The maximum Gasteiger partial charge on any atom is 0.0373 e. The van der Waals surface area contributed by atoms with Crippen LogP contribution in [0.4, 0.5) is 22.7 Å². The highest BCUT2D eigenvalue weighted by atomic mass is 14.6. The fourth-order valence-corrected chi connectivity index (χ4v) is 6.91. The van der Waals surface area contributed by atoms with Crippen molar-refractivity contribution in [2.45, 2.75) is 73.6 Å². The molecule has 0 saturated heterocycles. The van der Waals surface area contributed by atoms with E-state index in [1.807, 2.05) is 0 Å². The van der Waals surface area contributed by atoms with Crippen molar-refractivity contribution < 1.29 is 0 Å². The van der Waals surface area contributed by atoms with Crippen LogP contribution in [0, 0.1) is 55.4 Å². The van der Waals surface area contributed by atoms with Crippen LogP contribution >= 0.6 is 0 Å². The highest BCUT2D eigenvalue weighted by molar-refractivity contribution is 5.62. The maximum atomic E-state index is 6.41. The van der Waals surface area contributed by atoms with Gasteiger partial charge in [-0.15, -0.1) is 0 Å². The zero-order chi connectivity index (χ0) is 32.7. The average Bonchev–Trinajstić information content (AvgIpc) is 2.98. The second-order valence-corrected chi connectivity index (χ2v) is 13.2. The second kappa shape index (κ2) is 12.4. The Labute approximate surface area is 269 Å². The number of nitrogens with two attached hydrogens (primary N) is 4. The van der Waals surface area contributed by atoms with E-state index < -0.39 is 0 Å². The first kappa shape index (κ1) is 31.7. The van der Waals surface area contributed by atoms with Crippen molar-refractivity contribution in [3.8, 4) is 0 Å².